The highest BCUT2D eigenvalue weighted by Crippen LogP contribution is 2.24. The first-order valence-corrected chi connectivity index (χ1v) is 4.87. The van der Waals surface area contributed by atoms with E-state index in [0.29, 0.717) is 13.7 Å². The van der Waals surface area contributed by atoms with E-state index < -0.39 is 5.97 Å². The Morgan fingerprint density at radius 1 is 1.58 bits per heavy atom. The number of carbonyl (C=O) groups is 1. The lowest BCUT2D eigenvalue weighted by atomic mass is 10.2. The van der Waals surface area contributed by atoms with Crippen molar-refractivity contribution in [2.45, 2.75) is 0 Å². The number of halogens is 2. The van der Waals surface area contributed by atoms with Gasteiger partial charge in [-0.15, -0.1) is 0 Å². The molecule has 0 aliphatic heterocycles. The highest BCUT2D eigenvalue weighted by molar-refractivity contribution is 14.1. The van der Waals surface area contributed by atoms with Crippen molar-refractivity contribution in [3.8, 4) is 0 Å². The third-order valence-corrected chi connectivity index (χ3v) is 2.96. The molecule has 12 heavy (non-hydrogen) atoms. The van der Waals surface area contributed by atoms with Crippen LogP contribution in [0.3, 0.4) is 0 Å². The molecule has 1 aromatic carbocycles. The number of carboxylic acid groups (broad SMARTS) is 1. The molecular formula is C7H5BrINO2. The van der Waals surface area contributed by atoms with Gasteiger partial charge in [-0.3, -0.25) is 0 Å². The summed E-state index contributed by atoms with van der Waals surface area (Å²) < 4.78 is 1.25. The topological polar surface area (TPSA) is 63.3 Å². The van der Waals surface area contributed by atoms with Crippen molar-refractivity contribution in [1.82, 2.24) is 0 Å². The molecule has 0 aliphatic carbocycles. The van der Waals surface area contributed by atoms with Gasteiger partial charge >= 0.3 is 5.97 Å². The lowest BCUT2D eigenvalue weighted by molar-refractivity contribution is 0.0695. The van der Waals surface area contributed by atoms with Crippen LogP contribution in [-0.4, -0.2) is 11.1 Å². The van der Waals surface area contributed by atoms with E-state index in [4.69, 9.17) is 10.8 Å². The van der Waals surface area contributed by atoms with Crippen molar-refractivity contribution in [2.75, 3.05) is 5.73 Å². The van der Waals surface area contributed by atoms with Crippen molar-refractivity contribution in [3.63, 3.8) is 0 Å². The van der Waals surface area contributed by atoms with Gasteiger partial charge in [0.05, 0.1) is 9.13 Å². The van der Waals surface area contributed by atoms with Crippen LogP contribution in [0.4, 0.5) is 5.69 Å². The van der Waals surface area contributed by atoms with Crippen LogP contribution in [0.5, 0.6) is 0 Å². The Hall–Kier alpha value is -0.300. The Balaban J connectivity index is 3.37. The number of anilines is 1. The SMILES string of the molecule is Nc1cc(Br)cc(C(=O)O)c1I. The van der Waals surface area contributed by atoms with Crippen molar-refractivity contribution in [1.29, 1.82) is 0 Å². The molecule has 3 nitrogen and oxygen atoms in total. The van der Waals surface area contributed by atoms with Gasteiger partial charge in [-0.1, -0.05) is 15.9 Å². The number of benzene rings is 1. The summed E-state index contributed by atoms with van der Waals surface area (Å²) in [4.78, 5) is 10.6. The number of rotatable bonds is 1. The second kappa shape index (κ2) is 3.61. The smallest absolute Gasteiger partial charge is 0.336 e. The van der Waals surface area contributed by atoms with Crippen molar-refractivity contribution >= 4 is 50.2 Å². The molecule has 0 aromatic heterocycles. The normalized spacial score (nSPS) is 9.83. The van der Waals surface area contributed by atoms with Gasteiger partial charge in [-0.25, -0.2) is 4.79 Å². The predicted molar refractivity (Wildman–Crippen MR) is 58.2 cm³/mol. The van der Waals surface area contributed by atoms with Crippen LogP contribution in [0.15, 0.2) is 16.6 Å². The summed E-state index contributed by atoms with van der Waals surface area (Å²) in [5.74, 6) is -0.965. The maximum absolute atomic E-state index is 10.6. The molecule has 0 atom stereocenters. The fraction of sp³-hybridized carbons (Fsp3) is 0. The molecule has 0 heterocycles. The van der Waals surface area contributed by atoms with Crippen LogP contribution in [0, 0.1) is 3.57 Å². The average molecular weight is 342 g/mol. The van der Waals surface area contributed by atoms with Gasteiger partial charge < -0.3 is 10.8 Å². The largest absolute Gasteiger partial charge is 0.478 e. The van der Waals surface area contributed by atoms with E-state index in [2.05, 4.69) is 15.9 Å². The van der Waals surface area contributed by atoms with Crippen LogP contribution >= 0.6 is 38.5 Å². The number of hydrogen-bond acceptors (Lipinski definition) is 2. The third-order valence-electron chi connectivity index (χ3n) is 1.30. The molecule has 0 unspecified atom stereocenters. The van der Waals surface area contributed by atoms with Gasteiger partial charge in [0.15, 0.2) is 0 Å². The van der Waals surface area contributed by atoms with Gasteiger partial charge in [-0.05, 0) is 34.7 Å². The van der Waals surface area contributed by atoms with Gasteiger partial charge in [0, 0.05) is 10.2 Å². The molecular weight excluding hydrogens is 337 g/mol. The summed E-state index contributed by atoms with van der Waals surface area (Å²) >= 11 is 5.08. The van der Waals surface area contributed by atoms with Gasteiger partial charge in [0.1, 0.15) is 0 Å². The zero-order chi connectivity index (χ0) is 9.30. The summed E-state index contributed by atoms with van der Waals surface area (Å²) in [5, 5.41) is 8.73. The molecule has 3 N–H and O–H groups in total. The van der Waals surface area contributed by atoms with Crippen LogP contribution in [0.2, 0.25) is 0 Å². The second-order valence-electron chi connectivity index (χ2n) is 2.16. The highest BCUT2D eigenvalue weighted by atomic mass is 127. The van der Waals surface area contributed by atoms with Crippen molar-refractivity contribution in [2.24, 2.45) is 0 Å². The molecule has 0 spiro atoms. The number of aromatic carboxylic acids is 1. The average Bonchev–Trinajstić information content (AvgIpc) is 1.96. The molecule has 0 fully saturated rings. The Kier molecular flexibility index (Phi) is 2.94. The molecule has 0 aliphatic rings. The minimum Gasteiger partial charge on any atom is -0.478 e. The molecule has 0 saturated heterocycles. The summed E-state index contributed by atoms with van der Waals surface area (Å²) in [6.45, 7) is 0. The second-order valence-corrected chi connectivity index (χ2v) is 4.16. The van der Waals surface area contributed by atoms with Crippen LogP contribution in [0.25, 0.3) is 0 Å². The first-order valence-electron chi connectivity index (χ1n) is 3.00. The molecule has 64 valence electrons. The van der Waals surface area contributed by atoms with E-state index in [1.165, 1.54) is 6.07 Å². The Labute approximate surface area is 91.2 Å². The summed E-state index contributed by atoms with van der Waals surface area (Å²) in [5.41, 5.74) is 6.26. The van der Waals surface area contributed by atoms with Crippen molar-refractivity contribution in [3.05, 3.63) is 25.7 Å². The Morgan fingerprint density at radius 3 is 2.67 bits per heavy atom. The highest BCUT2D eigenvalue weighted by Gasteiger charge is 2.11. The lowest BCUT2D eigenvalue weighted by Gasteiger charge is -2.03. The molecule has 0 radical (unpaired) electrons. The number of nitrogen functional groups attached to an aromatic ring is 1. The standard InChI is InChI=1S/C7H5BrINO2/c8-3-1-4(7(11)12)6(9)5(10)2-3/h1-2H,10H2,(H,11,12). The predicted octanol–water partition coefficient (Wildman–Crippen LogP) is 2.33. The zero-order valence-corrected chi connectivity index (χ0v) is 9.59. The van der Waals surface area contributed by atoms with Crippen molar-refractivity contribution < 1.29 is 9.90 Å². The molecule has 0 bridgehead atoms. The van der Waals surface area contributed by atoms with Gasteiger partial charge in [0.2, 0.25) is 0 Å². The number of carboxylic acids is 1. The van der Waals surface area contributed by atoms with E-state index in [-0.39, 0.29) is 5.56 Å². The number of hydrogen-bond donors (Lipinski definition) is 2. The summed E-state index contributed by atoms with van der Waals surface area (Å²) in [6.07, 6.45) is 0. The van der Waals surface area contributed by atoms with Gasteiger partial charge in [-0.2, -0.15) is 0 Å². The van der Waals surface area contributed by atoms with Crippen LogP contribution < -0.4 is 5.73 Å². The monoisotopic (exact) mass is 341 g/mol. The Bertz CT molecular complexity index is 340. The lowest BCUT2D eigenvalue weighted by Crippen LogP contribution is -2.02. The Morgan fingerprint density at radius 2 is 2.17 bits per heavy atom. The summed E-state index contributed by atoms with van der Waals surface area (Å²) in [6, 6.07) is 3.20. The number of nitrogens with two attached hydrogens (primary N) is 1. The molecule has 1 aromatic rings. The van der Waals surface area contributed by atoms with E-state index >= 15 is 0 Å². The molecule has 0 amide bonds. The molecule has 5 heteroatoms. The first kappa shape index (κ1) is 9.79. The van der Waals surface area contributed by atoms with E-state index in [1.807, 2.05) is 22.6 Å². The zero-order valence-electron chi connectivity index (χ0n) is 5.84. The van der Waals surface area contributed by atoms with E-state index in [9.17, 15) is 4.79 Å². The maximum Gasteiger partial charge on any atom is 0.336 e. The quantitative estimate of drug-likeness (QED) is 0.608. The first-order chi connectivity index (χ1) is 5.52. The minimum absolute atomic E-state index is 0.225. The minimum atomic E-state index is -0.965. The van der Waals surface area contributed by atoms with Crippen LogP contribution in [-0.2, 0) is 0 Å². The fourth-order valence-corrected chi connectivity index (χ4v) is 1.78. The van der Waals surface area contributed by atoms with Crippen LogP contribution in [0.1, 0.15) is 10.4 Å². The summed E-state index contributed by atoms with van der Waals surface area (Å²) in [7, 11) is 0. The molecule has 1 rings (SSSR count). The van der Waals surface area contributed by atoms with E-state index in [0.717, 1.165) is 0 Å². The fourth-order valence-electron chi connectivity index (χ4n) is 0.766. The third kappa shape index (κ3) is 1.89. The van der Waals surface area contributed by atoms with E-state index in [1.54, 1.807) is 6.07 Å². The van der Waals surface area contributed by atoms with Gasteiger partial charge in [0.25, 0.3) is 0 Å². The molecule has 0 saturated carbocycles. The maximum atomic E-state index is 10.6.